The third-order valence-electron chi connectivity index (χ3n) is 0.731. The average Bonchev–Trinajstić information content (AvgIpc) is 2.12. The van der Waals surface area contributed by atoms with Gasteiger partial charge in [0.15, 0.2) is 0 Å². The smallest absolute Gasteiger partial charge is 0.149 e. The van der Waals surface area contributed by atoms with Crippen LogP contribution in [0.4, 0.5) is 0 Å². The van der Waals surface area contributed by atoms with E-state index in [4.69, 9.17) is 4.74 Å². The Morgan fingerprint density at radius 2 is 2.60 bits per heavy atom. The van der Waals surface area contributed by atoms with Crippen molar-refractivity contribution in [3.8, 4) is 0 Å². The summed E-state index contributed by atoms with van der Waals surface area (Å²) in [5, 5.41) is 0. The van der Waals surface area contributed by atoms with E-state index in [2.05, 4.69) is 7.28 Å². The molecule has 1 radical (unpaired) electrons. The normalized spacial score (nSPS) is 33.4. The van der Waals surface area contributed by atoms with E-state index in [0.717, 1.165) is 6.61 Å². The van der Waals surface area contributed by atoms with Crippen molar-refractivity contribution in [2.24, 2.45) is 0 Å². The lowest BCUT2D eigenvalue weighted by Crippen LogP contribution is -1.89. The highest BCUT2D eigenvalue weighted by molar-refractivity contribution is 6.36. The Morgan fingerprint density at radius 3 is 2.60 bits per heavy atom. The minimum absolute atomic E-state index is 0.509. The molecule has 0 N–H and O–H groups in total. The maximum Gasteiger partial charge on any atom is 0.149 e. The summed E-state index contributed by atoms with van der Waals surface area (Å²) in [4.78, 5) is 0. The van der Waals surface area contributed by atoms with Crippen LogP contribution in [0.5, 0.6) is 0 Å². The van der Waals surface area contributed by atoms with Gasteiger partial charge in [-0.2, -0.15) is 0 Å². The summed E-state index contributed by atoms with van der Waals surface area (Å²) in [6, 6.07) is 0.509. The summed E-state index contributed by atoms with van der Waals surface area (Å²) in [6.07, 6.45) is 0. The molecular weight excluding hydrogens is 62.8 g/mol. The zero-order chi connectivity index (χ0) is 3.70. The molecule has 1 fully saturated rings. The minimum atomic E-state index is 0.509. The first-order valence-electron chi connectivity index (χ1n) is 1.84. The summed E-state index contributed by atoms with van der Waals surface area (Å²) in [5.74, 6) is 0. The van der Waals surface area contributed by atoms with Crippen LogP contribution in [0.3, 0.4) is 0 Å². The number of epoxide rings is 1. The lowest BCUT2D eigenvalue weighted by atomic mass is 9.78. The molecule has 1 rings (SSSR count). The van der Waals surface area contributed by atoms with Gasteiger partial charge in [-0.15, -0.1) is 0 Å². The second-order valence-electron chi connectivity index (χ2n) is 1.21. The van der Waals surface area contributed by atoms with E-state index >= 15 is 0 Å². The van der Waals surface area contributed by atoms with Crippen molar-refractivity contribution in [1.29, 1.82) is 0 Å². The van der Waals surface area contributed by atoms with Crippen molar-refractivity contribution in [2.75, 3.05) is 6.61 Å². The van der Waals surface area contributed by atoms with E-state index in [1.807, 2.05) is 6.82 Å². The highest BCUT2D eigenvalue weighted by atomic mass is 16.6. The van der Waals surface area contributed by atoms with Crippen molar-refractivity contribution in [1.82, 2.24) is 0 Å². The third kappa shape index (κ3) is 0.654. The quantitative estimate of drug-likeness (QED) is 0.314. The predicted molar refractivity (Wildman–Crippen MR) is 21.4 cm³/mol. The minimum Gasteiger partial charge on any atom is -0.383 e. The third-order valence-corrected chi connectivity index (χ3v) is 0.731. The highest BCUT2D eigenvalue weighted by Crippen LogP contribution is 2.04. The van der Waals surface area contributed by atoms with Gasteiger partial charge in [-0.05, 0) is 0 Å². The van der Waals surface area contributed by atoms with Crippen molar-refractivity contribution < 1.29 is 4.74 Å². The van der Waals surface area contributed by atoms with Gasteiger partial charge in [0.2, 0.25) is 0 Å². The molecule has 1 unspecified atom stereocenters. The average molecular weight is 68.9 g/mol. The topological polar surface area (TPSA) is 12.5 Å². The SMILES string of the molecule is C[B]C1CO1. The number of ether oxygens (including phenoxy) is 1. The second-order valence-corrected chi connectivity index (χ2v) is 1.21. The van der Waals surface area contributed by atoms with Gasteiger partial charge in [-0.1, -0.05) is 6.82 Å². The van der Waals surface area contributed by atoms with Gasteiger partial charge in [0, 0.05) is 6.00 Å². The number of hydrogen-bond acceptors (Lipinski definition) is 1. The van der Waals surface area contributed by atoms with Gasteiger partial charge in [0.25, 0.3) is 0 Å². The van der Waals surface area contributed by atoms with Gasteiger partial charge in [-0.3, -0.25) is 0 Å². The van der Waals surface area contributed by atoms with Crippen molar-refractivity contribution in [3.05, 3.63) is 0 Å². The summed E-state index contributed by atoms with van der Waals surface area (Å²) < 4.78 is 4.80. The molecule has 0 amide bonds. The van der Waals surface area contributed by atoms with Crippen LogP contribution in [0, 0.1) is 0 Å². The predicted octanol–water partition coefficient (Wildman–Crippen LogP) is 0.0950. The van der Waals surface area contributed by atoms with Crippen molar-refractivity contribution >= 4 is 7.28 Å². The molecule has 0 aromatic heterocycles. The molecule has 1 aliphatic heterocycles. The second kappa shape index (κ2) is 1.01. The standard InChI is InChI=1S/C3H6BO/c1-4-3-2-5-3/h3H,2H2,1H3. The Balaban J connectivity index is 2.00. The van der Waals surface area contributed by atoms with Gasteiger partial charge in [0.1, 0.15) is 7.28 Å². The van der Waals surface area contributed by atoms with Crippen LogP contribution in [0.15, 0.2) is 0 Å². The van der Waals surface area contributed by atoms with Crippen LogP contribution in [-0.2, 0) is 4.74 Å². The molecule has 0 aromatic carbocycles. The molecule has 5 heavy (non-hydrogen) atoms. The molecule has 1 heterocycles. The van der Waals surface area contributed by atoms with Crippen molar-refractivity contribution in [3.63, 3.8) is 0 Å². The maximum absolute atomic E-state index is 4.80. The molecule has 0 aliphatic carbocycles. The first kappa shape index (κ1) is 3.22. The van der Waals surface area contributed by atoms with E-state index in [9.17, 15) is 0 Å². The fourth-order valence-corrected chi connectivity index (χ4v) is 0.248. The van der Waals surface area contributed by atoms with Crippen LogP contribution >= 0.6 is 0 Å². The number of rotatable bonds is 1. The van der Waals surface area contributed by atoms with Crippen LogP contribution in [0.25, 0.3) is 0 Å². The fourth-order valence-electron chi connectivity index (χ4n) is 0.248. The lowest BCUT2D eigenvalue weighted by molar-refractivity contribution is 0.455. The Morgan fingerprint density at radius 1 is 2.00 bits per heavy atom. The summed E-state index contributed by atoms with van der Waals surface area (Å²) in [5.41, 5.74) is 0. The molecule has 0 bridgehead atoms. The Bertz CT molecular complexity index is 33.9. The summed E-state index contributed by atoms with van der Waals surface area (Å²) in [7, 11) is 2.06. The van der Waals surface area contributed by atoms with E-state index < -0.39 is 0 Å². The molecule has 1 aliphatic rings. The fraction of sp³-hybridized carbons (Fsp3) is 1.00. The van der Waals surface area contributed by atoms with E-state index in [-0.39, 0.29) is 0 Å². The number of hydrogen-bond donors (Lipinski definition) is 0. The van der Waals surface area contributed by atoms with Crippen LogP contribution in [0.2, 0.25) is 6.82 Å². The molecule has 0 aromatic rings. The Hall–Kier alpha value is 0.0249. The highest BCUT2D eigenvalue weighted by Gasteiger charge is 2.18. The molecule has 1 nitrogen and oxygen atoms in total. The first-order valence-corrected chi connectivity index (χ1v) is 1.84. The monoisotopic (exact) mass is 69.1 g/mol. The van der Waals surface area contributed by atoms with E-state index in [1.165, 1.54) is 0 Å². The largest absolute Gasteiger partial charge is 0.383 e. The van der Waals surface area contributed by atoms with E-state index in [0.29, 0.717) is 6.00 Å². The zero-order valence-corrected chi connectivity index (χ0v) is 3.27. The van der Waals surface area contributed by atoms with Crippen LogP contribution < -0.4 is 0 Å². The van der Waals surface area contributed by atoms with Gasteiger partial charge in [0.05, 0.1) is 6.61 Å². The molecule has 1 atom stereocenters. The molecule has 27 valence electrons. The van der Waals surface area contributed by atoms with Crippen LogP contribution in [0.1, 0.15) is 0 Å². The van der Waals surface area contributed by atoms with E-state index in [1.54, 1.807) is 0 Å². The lowest BCUT2D eigenvalue weighted by Gasteiger charge is -1.65. The Labute approximate surface area is 32.6 Å². The first-order chi connectivity index (χ1) is 2.43. The van der Waals surface area contributed by atoms with Gasteiger partial charge < -0.3 is 4.74 Å². The van der Waals surface area contributed by atoms with Crippen molar-refractivity contribution in [2.45, 2.75) is 12.8 Å². The van der Waals surface area contributed by atoms with Gasteiger partial charge in [-0.25, -0.2) is 0 Å². The van der Waals surface area contributed by atoms with Gasteiger partial charge >= 0.3 is 0 Å². The van der Waals surface area contributed by atoms with Crippen LogP contribution in [-0.4, -0.2) is 19.9 Å². The molecule has 2 heteroatoms. The Kier molecular flexibility index (Phi) is 0.654. The maximum atomic E-state index is 4.80. The molecule has 1 saturated heterocycles. The summed E-state index contributed by atoms with van der Waals surface area (Å²) in [6.45, 7) is 2.97. The summed E-state index contributed by atoms with van der Waals surface area (Å²) >= 11 is 0. The zero-order valence-electron chi connectivity index (χ0n) is 3.27. The molecule has 0 saturated carbocycles. The molecular formula is C3H6BO. The molecule has 0 spiro atoms.